The molecule has 0 aliphatic carbocycles. The first kappa shape index (κ1) is 28.8. The minimum atomic E-state index is -4.39. The first-order valence-electron chi connectivity index (χ1n) is 12.7. The van der Waals surface area contributed by atoms with E-state index in [2.05, 4.69) is 25.6 Å². The lowest BCUT2D eigenvalue weighted by atomic mass is 9.99. The minimum Gasteiger partial charge on any atom is -0.372 e. The molecule has 4 aromatic rings. The molecule has 4 heterocycles. The van der Waals surface area contributed by atoms with Gasteiger partial charge in [-0.2, -0.15) is 18.4 Å². The molecule has 1 fully saturated rings. The molecular formula is C28H24ClF3N8O2. The van der Waals surface area contributed by atoms with E-state index in [1.54, 1.807) is 43.7 Å². The highest BCUT2D eigenvalue weighted by molar-refractivity contribution is 6.31. The number of nitriles is 1. The molecule has 0 bridgehead atoms. The normalized spacial score (nSPS) is 13.9. The van der Waals surface area contributed by atoms with Crippen LogP contribution in [0, 0.1) is 17.2 Å². The molecule has 14 heteroatoms. The Labute approximate surface area is 242 Å². The SMILES string of the molecule is Cn1c(=O)cc(NC(C)(C)c2ncccn2)c2cc(Nc3cc(C(=O)N4CC(C(F)(F)F)C4)nc(Cl)c3C#N)ccc21. The van der Waals surface area contributed by atoms with Crippen LogP contribution in [0.3, 0.4) is 0 Å². The van der Waals surface area contributed by atoms with Gasteiger partial charge in [-0.25, -0.2) is 15.0 Å². The number of aryl methyl sites for hydroxylation is 1. The van der Waals surface area contributed by atoms with Crippen molar-refractivity contribution in [1.29, 1.82) is 5.26 Å². The number of halogens is 4. The summed E-state index contributed by atoms with van der Waals surface area (Å²) in [5.74, 6) is -1.81. The Hall–Kier alpha value is -4.70. The third kappa shape index (κ3) is 5.45. The van der Waals surface area contributed by atoms with E-state index in [4.69, 9.17) is 11.6 Å². The highest BCUT2D eigenvalue weighted by Crippen LogP contribution is 2.36. The van der Waals surface area contributed by atoms with E-state index in [-0.39, 0.29) is 27.7 Å². The van der Waals surface area contributed by atoms with Gasteiger partial charge in [0.25, 0.3) is 11.5 Å². The van der Waals surface area contributed by atoms with Gasteiger partial charge in [0.1, 0.15) is 22.5 Å². The fourth-order valence-electron chi connectivity index (χ4n) is 4.65. The Balaban J connectivity index is 1.50. The highest BCUT2D eigenvalue weighted by atomic mass is 35.5. The number of likely N-dealkylation sites (tertiary alicyclic amines) is 1. The molecule has 0 spiro atoms. The Bertz CT molecular complexity index is 1800. The van der Waals surface area contributed by atoms with Gasteiger partial charge >= 0.3 is 6.18 Å². The van der Waals surface area contributed by atoms with E-state index >= 15 is 0 Å². The smallest absolute Gasteiger partial charge is 0.372 e. The quantitative estimate of drug-likeness (QED) is 0.298. The molecule has 0 saturated carbocycles. The van der Waals surface area contributed by atoms with Crippen molar-refractivity contribution < 1.29 is 18.0 Å². The molecule has 1 aliphatic rings. The zero-order valence-electron chi connectivity index (χ0n) is 22.6. The number of hydrogen-bond acceptors (Lipinski definition) is 8. The zero-order valence-corrected chi connectivity index (χ0v) is 23.4. The van der Waals surface area contributed by atoms with E-state index in [1.165, 1.54) is 16.7 Å². The molecule has 0 atom stereocenters. The van der Waals surface area contributed by atoms with Crippen LogP contribution >= 0.6 is 11.6 Å². The molecule has 1 amide bonds. The van der Waals surface area contributed by atoms with Gasteiger partial charge in [-0.05, 0) is 44.2 Å². The molecular weight excluding hydrogens is 573 g/mol. The van der Waals surface area contributed by atoms with Gasteiger partial charge in [-0.1, -0.05) is 11.6 Å². The topological polar surface area (TPSA) is 129 Å². The zero-order chi connectivity index (χ0) is 30.4. The number of carbonyl (C=O) groups excluding carboxylic acids is 1. The van der Waals surface area contributed by atoms with Crippen LogP contribution in [0.25, 0.3) is 10.9 Å². The monoisotopic (exact) mass is 596 g/mol. The van der Waals surface area contributed by atoms with Crippen molar-refractivity contribution in [3.05, 3.63) is 81.4 Å². The number of fused-ring (bicyclic) bond motifs is 1. The summed E-state index contributed by atoms with van der Waals surface area (Å²) < 4.78 is 40.3. The largest absolute Gasteiger partial charge is 0.395 e. The van der Waals surface area contributed by atoms with Crippen LogP contribution in [0.2, 0.25) is 5.15 Å². The molecule has 216 valence electrons. The molecule has 10 nitrogen and oxygen atoms in total. The number of anilines is 3. The summed E-state index contributed by atoms with van der Waals surface area (Å²) in [4.78, 5) is 39.3. The summed E-state index contributed by atoms with van der Waals surface area (Å²) in [5.41, 5.74) is 0.500. The molecule has 0 radical (unpaired) electrons. The number of alkyl halides is 3. The van der Waals surface area contributed by atoms with Crippen molar-refractivity contribution in [1.82, 2.24) is 24.4 Å². The summed E-state index contributed by atoms with van der Waals surface area (Å²) in [6.45, 7) is 2.79. The minimum absolute atomic E-state index is 0.0498. The van der Waals surface area contributed by atoms with E-state index in [9.17, 15) is 28.0 Å². The van der Waals surface area contributed by atoms with Crippen molar-refractivity contribution in [2.45, 2.75) is 25.6 Å². The van der Waals surface area contributed by atoms with Crippen LogP contribution in [0.1, 0.15) is 35.7 Å². The molecule has 0 unspecified atom stereocenters. The average Bonchev–Trinajstić information content (AvgIpc) is 2.90. The van der Waals surface area contributed by atoms with E-state index in [0.29, 0.717) is 28.1 Å². The van der Waals surface area contributed by atoms with Crippen molar-refractivity contribution in [2.24, 2.45) is 13.0 Å². The van der Waals surface area contributed by atoms with E-state index < -0.39 is 36.6 Å². The van der Waals surface area contributed by atoms with E-state index in [1.807, 2.05) is 19.9 Å². The summed E-state index contributed by atoms with van der Waals surface area (Å²) in [6.07, 6.45) is -1.15. The number of nitrogens with one attached hydrogen (secondary N) is 2. The summed E-state index contributed by atoms with van der Waals surface area (Å²) in [6, 6.07) is 11.5. The predicted octanol–water partition coefficient (Wildman–Crippen LogP) is 4.97. The van der Waals surface area contributed by atoms with Gasteiger partial charge in [0.15, 0.2) is 5.82 Å². The summed E-state index contributed by atoms with van der Waals surface area (Å²) in [5, 5.41) is 16.5. The standard InChI is InChI=1S/C28H24ClF3N8O2/c1-27(2,26-34-7-4-8-35-26)38-20-11-23(41)39(3)22-6-5-16(9-17(20)22)36-19-10-21(37-24(29)18(19)12-33)25(42)40-13-15(14-40)28(30,31)32/h4-11,15,38H,13-14H2,1-3H3,(H,36,37). The third-order valence-electron chi connectivity index (χ3n) is 7.04. The van der Waals surface area contributed by atoms with Crippen LogP contribution in [0.15, 0.2) is 53.6 Å². The predicted molar refractivity (Wildman–Crippen MR) is 151 cm³/mol. The van der Waals surface area contributed by atoms with Crippen molar-refractivity contribution in [3.8, 4) is 6.07 Å². The lowest BCUT2D eigenvalue weighted by molar-refractivity contribution is -0.202. The summed E-state index contributed by atoms with van der Waals surface area (Å²) in [7, 11) is 1.64. The molecule has 2 N–H and O–H groups in total. The maximum Gasteiger partial charge on any atom is 0.395 e. The number of carbonyl (C=O) groups is 1. The van der Waals surface area contributed by atoms with Gasteiger partial charge in [-0.15, -0.1) is 0 Å². The van der Waals surface area contributed by atoms with Crippen molar-refractivity contribution >= 4 is 45.5 Å². The number of amides is 1. The van der Waals surface area contributed by atoms with Gasteiger partial charge in [0, 0.05) is 55.4 Å². The van der Waals surface area contributed by atoms with E-state index in [0.717, 1.165) is 4.90 Å². The molecule has 42 heavy (non-hydrogen) atoms. The fraction of sp³-hybridized carbons (Fsp3) is 0.286. The lowest BCUT2D eigenvalue weighted by Gasteiger charge is -2.39. The second-order valence-electron chi connectivity index (χ2n) is 10.4. The Morgan fingerprint density at radius 1 is 1.12 bits per heavy atom. The Kier molecular flexibility index (Phi) is 7.28. The maximum absolute atomic E-state index is 12.9. The number of aromatic nitrogens is 4. The number of pyridine rings is 2. The molecule has 5 rings (SSSR count). The Morgan fingerprint density at radius 3 is 2.45 bits per heavy atom. The van der Waals surface area contributed by atoms with Crippen molar-refractivity contribution in [2.75, 3.05) is 23.7 Å². The average molecular weight is 597 g/mol. The number of benzene rings is 1. The highest BCUT2D eigenvalue weighted by Gasteiger charge is 2.49. The molecule has 1 aliphatic heterocycles. The van der Waals surface area contributed by atoms with Crippen LogP contribution in [-0.4, -0.2) is 49.6 Å². The second kappa shape index (κ2) is 10.6. The van der Waals surface area contributed by atoms with Crippen LogP contribution in [0.5, 0.6) is 0 Å². The van der Waals surface area contributed by atoms with Gasteiger partial charge in [-0.3, -0.25) is 9.59 Å². The van der Waals surface area contributed by atoms with Gasteiger partial charge in [0.05, 0.1) is 22.7 Å². The second-order valence-corrected chi connectivity index (χ2v) is 10.8. The van der Waals surface area contributed by atoms with Gasteiger partial charge < -0.3 is 20.1 Å². The Morgan fingerprint density at radius 2 is 1.81 bits per heavy atom. The first-order chi connectivity index (χ1) is 19.8. The summed E-state index contributed by atoms with van der Waals surface area (Å²) >= 11 is 6.22. The fourth-order valence-corrected chi connectivity index (χ4v) is 4.89. The molecule has 3 aromatic heterocycles. The van der Waals surface area contributed by atoms with Crippen LogP contribution in [-0.2, 0) is 12.6 Å². The van der Waals surface area contributed by atoms with Gasteiger partial charge in [0.2, 0.25) is 0 Å². The van der Waals surface area contributed by atoms with Crippen molar-refractivity contribution in [3.63, 3.8) is 0 Å². The lowest BCUT2D eigenvalue weighted by Crippen LogP contribution is -2.55. The number of rotatable bonds is 6. The molecule has 1 aromatic carbocycles. The molecule has 1 saturated heterocycles. The van der Waals surface area contributed by atoms with Crippen LogP contribution < -0.4 is 16.2 Å². The number of nitrogens with zero attached hydrogens (tertiary/aromatic N) is 6. The van der Waals surface area contributed by atoms with Crippen LogP contribution in [0.4, 0.5) is 30.2 Å². The number of hydrogen-bond donors (Lipinski definition) is 2. The maximum atomic E-state index is 12.9. The first-order valence-corrected chi connectivity index (χ1v) is 13.1. The third-order valence-corrected chi connectivity index (χ3v) is 7.31.